The minimum absolute atomic E-state index is 0.194. The molecule has 1 N–H and O–H groups in total. The van der Waals surface area contributed by atoms with E-state index in [1.54, 1.807) is 19.4 Å². The number of carboxylic acids is 1. The van der Waals surface area contributed by atoms with Crippen LogP contribution in [-0.4, -0.2) is 47.0 Å². The van der Waals surface area contributed by atoms with Gasteiger partial charge >= 0.3 is 12.0 Å². The Morgan fingerprint density at radius 3 is 2.68 bits per heavy atom. The zero-order valence-electron chi connectivity index (χ0n) is 11.1. The molecule has 0 aliphatic carbocycles. The molecule has 1 heterocycles. The molecule has 0 aliphatic rings. The smallest absolute Gasteiger partial charge is 0.323 e. The first kappa shape index (κ1) is 14.8. The molecule has 0 saturated carbocycles. The number of carbonyl (C=O) groups is 2. The van der Waals surface area contributed by atoms with Crippen LogP contribution in [0, 0.1) is 6.92 Å². The van der Waals surface area contributed by atoms with Crippen LogP contribution < -0.4 is 0 Å². The van der Waals surface area contributed by atoms with E-state index in [1.807, 2.05) is 6.92 Å². The number of aryl methyl sites for hydroxylation is 1. The van der Waals surface area contributed by atoms with Crippen LogP contribution in [0.3, 0.4) is 0 Å². The molecule has 104 valence electrons. The number of carboxylic acid groups (broad SMARTS) is 1. The number of urea groups is 1. The molecule has 6 heteroatoms. The van der Waals surface area contributed by atoms with Gasteiger partial charge in [0.2, 0.25) is 0 Å². The molecule has 0 atom stereocenters. The van der Waals surface area contributed by atoms with Crippen LogP contribution in [-0.2, 0) is 11.3 Å². The Morgan fingerprint density at radius 2 is 2.21 bits per heavy atom. The van der Waals surface area contributed by atoms with Gasteiger partial charge in [0.05, 0.1) is 12.8 Å². The predicted octanol–water partition coefficient (Wildman–Crippen LogP) is 1.71. The van der Waals surface area contributed by atoms with Crippen molar-refractivity contribution in [3.05, 3.63) is 36.3 Å². The molecule has 0 radical (unpaired) electrons. The summed E-state index contributed by atoms with van der Waals surface area (Å²) in [5, 5.41) is 8.78. The fourth-order valence-corrected chi connectivity index (χ4v) is 1.67. The lowest BCUT2D eigenvalue weighted by Gasteiger charge is -2.25. The second-order valence-corrected chi connectivity index (χ2v) is 4.20. The molecule has 1 aromatic rings. The highest BCUT2D eigenvalue weighted by molar-refractivity contribution is 5.80. The van der Waals surface area contributed by atoms with E-state index in [-0.39, 0.29) is 19.1 Å². The van der Waals surface area contributed by atoms with Crippen LogP contribution in [0.2, 0.25) is 0 Å². The fraction of sp³-hybridized carbons (Fsp3) is 0.385. The van der Waals surface area contributed by atoms with Gasteiger partial charge < -0.3 is 19.3 Å². The number of furan rings is 1. The number of nitrogens with zero attached hydrogens (tertiary/aromatic N) is 2. The Kier molecular flexibility index (Phi) is 5.17. The lowest BCUT2D eigenvalue weighted by molar-refractivity contribution is -0.137. The predicted molar refractivity (Wildman–Crippen MR) is 69.7 cm³/mol. The van der Waals surface area contributed by atoms with Crippen molar-refractivity contribution in [1.29, 1.82) is 0 Å². The highest BCUT2D eigenvalue weighted by atomic mass is 16.4. The summed E-state index contributed by atoms with van der Waals surface area (Å²) in [6, 6.07) is 1.43. The molecule has 0 fully saturated rings. The van der Waals surface area contributed by atoms with Gasteiger partial charge in [0.1, 0.15) is 12.3 Å². The fourth-order valence-electron chi connectivity index (χ4n) is 1.67. The van der Waals surface area contributed by atoms with E-state index in [1.165, 1.54) is 15.9 Å². The number of carbonyl (C=O) groups excluding carboxylic acids is 1. The number of aliphatic carboxylic acids is 1. The standard InChI is InChI=1S/C13H18N2O4/c1-4-6-15(9-12(16)17)13(18)14(3)8-11-5-7-19-10(11)2/h4-5,7H,1,6,8-9H2,2-3H3,(H,16,17). The summed E-state index contributed by atoms with van der Waals surface area (Å²) in [6.07, 6.45) is 3.06. The van der Waals surface area contributed by atoms with Crippen molar-refractivity contribution in [3.63, 3.8) is 0 Å². The second kappa shape index (κ2) is 6.63. The second-order valence-electron chi connectivity index (χ2n) is 4.20. The minimum Gasteiger partial charge on any atom is -0.480 e. The maximum atomic E-state index is 12.1. The molecule has 6 nitrogen and oxygen atoms in total. The Balaban J connectivity index is 2.70. The van der Waals surface area contributed by atoms with E-state index in [4.69, 9.17) is 9.52 Å². The third-order valence-electron chi connectivity index (χ3n) is 2.65. The van der Waals surface area contributed by atoms with E-state index in [2.05, 4.69) is 6.58 Å². The molecular formula is C13H18N2O4. The van der Waals surface area contributed by atoms with E-state index >= 15 is 0 Å². The van der Waals surface area contributed by atoms with E-state index in [0.29, 0.717) is 6.54 Å². The normalized spacial score (nSPS) is 10.0. The largest absolute Gasteiger partial charge is 0.480 e. The maximum absolute atomic E-state index is 12.1. The topological polar surface area (TPSA) is 74.0 Å². The van der Waals surface area contributed by atoms with Gasteiger partial charge in [-0.05, 0) is 13.0 Å². The first-order valence-corrected chi connectivity index (χ1v) is 5.81. The van der Waals surface area contributed by atoms with Gasteiger partial charge in [0, 0.05) is 19.2 Å². The Bertz CT molecular complexity index is 467. The molecule has 0 bridgehead atoms. The average molecular weight is 266 g/mol. The summed E-state index contributed by atoms with van der Waals surface area (Å²) < 4.78 is 5.16. The summed E-state index contributed by atoms with van der Waals surface area (Å²) in [5.74, 6) is -0.309. The Morgan fingerprint density at radius 1 is 1.53 bits per heavy atom. The van der Waals surface area contributed by atoms with Crippen LogP contribution in [0.15, 0.2) is 29.4 Å². The van der Waals surface area contributed by atoms with Crippen molar-refractivity contribution in [3.8, 4) is 0 Å². The summed E-state index contributed by atoms with van der Waals surface area (Å²) in [4.78, 5) is 25.5. The lowest BCUT2D eigenvalue weighted by Crippen LogP contribution is -2.43. The Labute approximate surface area is 111 Å². The summed E-state index contributed by atoms with van der Waals surface area (Å²) in [7, 11) is 1.62. The molecule has 0 unspecified atom stereocenters. The number of hydrogen-bond acceptors (Lipinski definition) is 3. The van der Waals surface area contributed by atoms with E-state index in [0.717, 1.165) is 11.3 Å². The summed E-state index contributed by atoms with van der Waals surface area (Å²) >= 11 is 0. The SMILES string of the molecule is C=CCN(CC(=O)O)C(=O)N(C)Cc1ccoc1C. The molecule has 0 saturated heterocycles. The molecular weight excluding hydrogens is 248 g/mol. The van der Waals surface area contributed by atoms with Crippen LogP contribution >= 0.6 is 0 Å². The van der Waals surface area contributed by atoms with Crippen LogP contribution in [0.25, 0.3) is 0 Å². The first-order valence-electron chi connectivity index (χ1n) is 5.81. The number of rotatable bonds is 6. The molecule has 19 heavy (non-hydrogen) atoms. The third-order valence-corrected chi connectivity index (χ3v) is 2.65. The molecule has 0 aromatic carbocycles. The molecule has 2 amide bonds. The van der Waals surface area contributed by atoms with Crippen molar-refractivity contribution in [2.45, 2.75) is 13.5 Å². The third kappa shape index (κ3) is 4.17. The average Bonchev–Trinajstić information content (AvgIpc) is 2.73. The van der Waals surface area contributed by atoms with Gasteiger partial charge in [-0.2, -0.15) is 0 Å². The van der Waals surface area contributed by atoms with Crippen LogP contribution in [0.5, 0.6) is 0 Å². The van der Waals surface area contributed by atoms with Crippen LogP contribution in [0.4, 0.5) is 4.79 Å². The van der Waals surface area contributed by atoms with Gasteiger partial charge in [0.25, 0.3) is 0 Å². The number of amides is 2. The van der Waals surface area contributed by atoms with Crippen molar-refractivity contribution in [2.75, 3.05) is 20.1 Å². The highest BCUT2D eigenvalue weighted by Gasteiger charge is 2.20. The first-order chi connectivity index (χ1) is 8.95. The molecule has 1 rings (SSSR count). The van der Waals surface area contributed by atoms with Crippen molar-refractivity contribution >= 4 is 12.0 Å². The summed E-state index contributed by atoms with van der Waals surface area (Å²) in [5.41, 5.74) is 0.893. The summed E-state index contributed by atoms with van der Waals surface area (Å²) in [6.45, 7) is 5.55. The zero-order chi connectivity index (χ0) is 14.4. The zero-order valence-corrected chi connectivity index (χ0v) is 11.1. The van der Waals surface area contributed by atoms with Crippen molar-refractivity contribution in [2.24, 2.45) is 0 Å². The highest BCUT2D eigenvalue weighted by Crippen LogP contribution is 2.12. The van der Waals surface area contributed by atoms with E-state index < -0.39 is 5.97 Å². The molecule has 0 spiro atoms. The van der Waals surface area contributed by atoms with Crippen molar-refractivity contribution < 1.29 is 19.1 Å². The van der Waals surface area contributed by atoms with Crippen LogP contribution in [0.1, 0.15) is 11.3 Å². The van der Waals surface area contributed by atoms with Crippen molar-refractivity contribution in [1.82, 2.24) is 9.80 Å². The molecule has 0 aliphatic heterocycles. The van der Waals surface area contributed by atoms with Gasteiger partial charge in [-0.3, -0.25) is 4.79 Å². The lowest BCUT2D eigenvalue weighted by atomic mass is 10.2. The van der Waals surface area contributed by atoms with Gasteiger partial charge in [-0.1, -0.05) is 6.08 Å². The van der Waals surface area contributed by atoms with Gasteiger partial charge in [-0.15, -0.1) is 6.58 Å². The number of hydrogen-bond donors (Lipinski definition) is 1. The monoisotopic (exact) mass is 266 g/mol. The van der Waals surface area contributed by atoms with Gasteiger partial charge in [0.15, 0.2) is 0 Å². The quantitative estimate of drug-likeness (QED) is 0.795. The maximum Gasteiger partial charge on any atom is 0.323 e. The molecule has 1 aromatic heterocycles. The van der Waals surface area contributed by atoms with Gasteiger partial charge in [-0.25, -0.2) is 4.79 Å². The Hall–Kier alpha value is -2.24. The van der Waals surface area contributed by atoms with E-state index in [9.17, 15) is 9.59 Å². The minimum atomic E-state index is -1.05.